The zero-order chi connectivity index (χ0) is 66.1. The molecule has 9 nitrogen and oxygen atoms in total. The van der Waals surface area contributed by atoms with Crippen molar-refractivity contribution in [3.8, 4) is 0 Å². The molecule has 0 saturated heterocycles. The van der Waals surface area contributed by atoms with Gasteiger partial charge in [-0.25, -0.2) is 0 Å². The van der Waals surface area contributed by atoms with Gasteiger partial charge in [0.2, 0.25) is 0 Å². The number of aliphatic carboxylic acids is 1. The summed E-state index contributed by atoms with van der Waals surface area (Å²) in [4.78, 5) is 37.6. The van der Waals surface area contributed by atoms with E-state index in [0.29, 0.717) is 17.4 Å². The van der Waals surface area contributed by atoms with Gasteiger partial charge in [0, 0.05) is 12.8 Å². The van der Waals surface area contributed by atoms with Gasteiger partial charge >= 0.3 is 11.9 Å². The Morgan fingerprint density at radius 2 is 0.593 bits per heavy atom. The number of unbranched alkanes of at least 4 members (excludes halogenated alkanes) is 25. The van der Waals surface area contributed by atoms with Crippen molar-refractivity contribution >= 4 is 17.9 Å². The lowest BCUT2D eigenvalue weighted by Crippen LogP contribution is -2.44. The molecule has 0 amide bonds. The van der Waals surface area contributed by atoms with Crippen LogP contribution in [-0.4, -0.2) is 82.3 Å². The Kier molecular flexibility index (Phi) is 66.8. The van der Waals surface area contributed by atoms with Crippen LogP contribution in [0.4, 0.5) is 0 Å². The Morgan fingerprint density at radius 1 is 0.330 bits per heavy atom. The Labute approximate surface area is 559 Å². The molecule has 0 saturated carbocycles. The van der Waals surface area contributed by atoms with Crippen LogP contribution in [0.25, 0.3) is 0 Å². The first kappa shape index (κ1) is 85.9. The van der Waals surface area contributed by atoms with Crippen LogP contribution in [0, 0.1) is 0 Å². The van der Waals surface area contributed by atoms with Crippen LogP contribution in [0.15, 0.2) is 158 Å². The summed E-state index contributed by atoms with van der Waals surface area (Å²) in [5.74, 6) is -2.29. The summed E-state index contributed by atoms with van der Waals surface area (Å²) in [6.45, 7) is 4.52. The van der Waals surface area contributed by atoms with Crippen LogP contribution >= 0.6 is 0 Å². The number of carbonyl (C=O) groups excluding carboxylic acids is 3. The lowest BCUT2D eigenvalue weighted by Gasteiger charge is -2.26. The van der Waals surface area contributed by atoms with E-state index in [-0.39, 0.29) is 38.6 Å². The molecule has 0 fully saturated rings. The van der Waals surface area contributed by atoms with Crippen molar-refractivity contribution in [2.45, 2.75) is 296 Å². The molecule has 516 valence electrons. The summed E-state index contributed by atoms with van der Waals surface area (Å²) >= 11 is 0. The third-order valence-electron chi connectivity index (χ3n) is 15.3. The van der Waals surface area contributed by atoms with Crippen LogP contribution in [0.5, 0.6) is 0 Å². The lowest BCUT2D eigenvalue weighted by molar-refractivity contribution is -0.870. The summed E-state index contributed by atoms with van der Waals surface area (Å²) < 4.78 is 22.8. The van der Waals surface area contributed by atoms with Crippen molar-refractivity contribution in [3.05, 3.63) is 158 Å². The highest BCUT2D eigenvalue weighted by Crippen LogP contribution is 2.17. The Balaban J connectivity index is 4.14. The van der Waals surface area contributed by atoms with Crippen molar-refractivity contribution in [2.75, 3.05) is 47.5 Å². The minimum absolute atomic E-state index is 0.140. The van der Waals surface area contributed by atoms with Crippen molar-refractivity contribution < 1.29 is 42.9 Å². The maximum absolute atomic E-state index is 13.0. The second-order valence-electron chi connectivity index (χ2n) is 25.1. The van der Waals surface area contributed by atoms with Gasteiger partial charge in [-0.2, -0.15) is 0 Å². The number of hydrogen-bond acceptors (Lipinski definition) is 8. The van der Waals surface area contributed by atoms with E-state index in [0.717, 1.165) is 128 Å². The topological polar surface area (TPSA) is 111 Å². The van der Waals surface area contributed by atoms with Crippen molar-refractivity contribution in [3.63, 3.8) is 0 Å². The van der Waals surface area contributed by atoms with Crippen LogP contribution < -0.4 is 5.11 Å². The van der Waals surface area contributed by atoms with Gasteiger partial charge in [-0.05, 0) is 122 Å². The van der Waals surface area contributed by atoms with E-state index in [1.807, 2.05) is 21.1 Å². The Hall–Kier alpha value is -5.09. The molecule has 9 heteroatoms. The number of likely N-dealkylation sites (N-methyl/N-ethyl adjacent to an activating group) is 1. The summed E-state index contributed by atoms with van der Waals surface area (Å²) in [6, 6.07) is 0. The predicted octanol–water partition coefficient (Wildman–Crippen LogP) is 21.9. The molecule has 0 aliphatic rings. The summed E-state index contributed by atoms with van der Waals surface area (Å²) in [6.07, 6.45) is 102. The largest absolute Gasteiger partial charge is 0.545 e. The fraction of sp³-hybridized carbons (Fsp3) is 0.646. The van der Waals surface area contributed by atoms with E-state index in [9.17, 15) is 19.5 Å². The van der Waals surface area contributed by atoms with Gasteiger partial charge in [-0.3, -0.25) is 9.59 Å². The molecular weight excluding hydrogens is 1130 g/mol. The predicted molar refractivity (Wildman–Crippen MR) is 389 cm³/mol. The zero-order valence-electron chi connectivity index (χ0n) is 58.9. The highest BCUT2D eigenvalue weighted by molar-refractivity contribution is 5.70. The van der Waals surface area contributed by atoms with Gasteiger partial charge in [0.25, 0.3) is 0 Å². The molecule has 0 aliphatic heterocycles. The van der Waals surface area contributed by atoms with E-state index >= 15 is 0 Å². The number of nitrogens with zero attached hydrogens (tertiary/aromatic N) is 1. The molecule has 0 aromatic rings. The van der Waals surface area contributed by atoms with Gasteiger partial charge in [-0.15, -0.1) is 0 Å². The van der Waals surface area contributed by atoms with Crippen LogP contribution in [0.1, 0.15) is 284 Å². The van der Waals surface area contributed by atoms with Gasteiger partial charge in [0.05, 0.1) is 40.3 Å². The standard InChI is InChI=1S/C82H135NO8/c1-6-8-10-12-14-16-18-20-22-24-26-28-30-32-34-36-38-39-40-41-43-45-47-49-51-53-55-57-59-61-63-65-67-69-71-73-80(85)91-78(77-90-82(81(86)87)88-75-74-83(3,4)5)76-89-79(84)72-70-68-66-64-62-60-58-56-54-52-50-48-46-44-42-37-35-33-31-29-27-25-23-21-19-17-15-13-11-9-7-2/h8-11,14-17,20-23,26-29,32-35,38-39,41,43,47,49,78,82H,6-7,12-13,18-19,24-25,30-31,36-37,40,42,44-46,48,50-77H2,1-5H3/b10-8-,11-9-,16-14-,17-15-,22-20-,23-21-,28-26-,29-27-,34-32-,35-33-,39-38-,43-41-,49-47-. The molecule has 0 aliphatic carbocycles. The zero-order valence-corrected chi connectivity index (χ0v) is 58.9. The molecule has 0 radical (unpaired) electrons. The number of hydrogen-bond donors (Lipinski definition) is 0. The first-order valence-corrected chi connectivity index (χ1v) is 36.6. The minimum atomic E-state index is -1.63. The van der Waals surface area contributed by atoms with Crippen molar-refractivity contribution in [1.82, 2.24) is 0 Å². The molecule has 0 spiro atoms. The summed E-state index contributed by atoms with van der Waals surface area (Å²) in [5.41, 5.74) is 0. The molecule has 0 aromatic carbocycles. The number of esters is 2. The fourth-order valence-electron chi connectivity index (χ4n) is 9.76. The third-order valence-corrected chi connectivity index (χ3v) is 15.3. The fourth-order valence-corrected chi connectivity index (χ4v) is 9.76. The first-order valence-electron chi connectivity index (χ1n) is 36.6. The normalized spacial score (nSPS) is 13.6. The highest BCUT2D eigenvalue weighted by atomic mass is 16.7. The maximum Gasteiger partial charge on any atom is 0.306 e. The lowest BCUT2D eigenvalue weighted by atomic mass is 10.0. The smallest absolute Gasteiger partial charge is 0.306 e. The van der Waals surface area contributed by atoms with E-state index < -0.39 is 24.3 Å². The van der Waals surface area contributed by atoms with E-state index in [4.69, 9.17) is 18.9 Å². The highest BCUT2D eigenvalue weighted by Gasteiger charge is 2.22. The van der Waals surface area contributed by atoms with Crippen molar-refractivity contribution in [2.24, 2.45) is 0 Å². The Bertz CT molecular complexity index is 2060. The minimum Gasteiger partial charge on any atom is -0.545 e. The molecule has 2 atom stereocenters. The number of quaternary nitrogens is 1. The van der Waals surface area contributed by atoms with Crippen LogP contribution in [0.2, 0.25) is 0 Å². The quantitative estimate of drug-likeness (QED) is 0.0195. The van der Waals surface area contributed by atoms with Crippen LogP contribution in [-0.2, 0) is 33.3 Å². The van der Waals surface area contributed by atoms with Crippen molar-refractivity contribution in [1.29, 1.82) is 0 Å². The average molecular weight is 1260 g/mol. The number of rotatable bonds is 66. The Morgan fingerprint density at radius 3 is 0.879 bits per heavy atom. The molecule has 0 bridgehead atoms. The number of carboxylic acids is 1. The molecule has 2 unspecified atom stereocenters. The third kappa shape index (κ3) is 72.2. The summed E-state index contributed by atoms with van der Waals surface area (Å²) in [7, 11) is 5.93. The second-order valence-corrected chi connectivity index (χ2v) is 25.1. The number of ether oxygens (including phenoxy) is 4. The van der Waals surface area contributed by atoms with Gasteiger partial charge in [0.1, 0.15) is 13.2 Å². The van der Waals surface area contributed by atoms with Gasteiger partial charge < -0.3 is 33.3 Å². The SMILES string of the molecule is CC/C=C\C/C=C\C/C=C\C/C=C\C/C=C\C/C=C\C/C=C\C/C=C\CCCCCCCCCCCCC(=O)OC(COC(=O)CCCCCCCCCCCCCCCCC/C=C\C/C=C\C/C=C\C/C=C\C/C=C\CC)COC(OCC[N+](C)(C)C)C(=O)[O-]. The molecule has 0 heterocycles. The molecule has 91 heavy (non-hydrogen) atoms. The van der Waals surface area contributed by atoms with E-state index in [1.54, 1.807) is 0 Å². The molecule has 0 N–H and O–H groups in total. The average Bonchev–Trinajstić information content (AvgIpc) is 3.46. The number of carbonyl (C=O) groups is 3. The van der Waals surface area contributed by atoms with Gasteiger partial charge in [0.15, 0.2) is 12.4 Å². The molecule has 0 aromatic heterocycles. The van der Waals surface area contributed by atoms with Crippen LogP contribution in [0.3, 0.4) is 0 Å². The van der Waals surface area contributed by atoms with E-state index in [2.05, 4.69) is 172 Å². The monoisotopic (exact) mass is 1260 g/mol. The van der Waals surface area contributed by atoms with Gasteiger partial charge in [-0.1, -0.05) is 307 Å². The second kappa shape index (κ2) is 70.8. The van der Waals surface area contributed by atoms with E-state index in [1.165, 1.54) is 122 Å². The molecular formula is C82H135NO8. The number of carboxylic acid groups (broad SMARTS) is 1. The number of allylic oxidation sites excluding steroid dienone is 26. The summed E-state index contributed by atoms with van der Waals surface area (Å²) in [5, 5.41) is 11.8. The maximum atomic E-state index is 13.0. The first-order chi connectivity index (χ1) is 44.6. The molecule has 0 rings (SSSR count).